The van der Waals surface area contributed by atoms with Crippen LogP contribution in [0.25, 0.3) is 0 Å². The largest absolute Gasteiger partial charge is 1.00 e. The van der Waals surface area contributed by atoms with Gasteiger partial charge in [0, 0.05) is 5.82 Å². The van der Waals surface area contributed by atoms with Gasteiger partial charge in [-0.05, 0) is 0 Å². The van der Waals surface area contributed by atoms with Crippen molar-refractivity contribution in [3.8, 4) is 0 Å². The van der Waals surface area contributed by atoms with Crippen molar-refractivity contribution in [2.24, 2.45) is 0 Å². The summed E-state index contributed by atoms with van der Waals surface area (Å²) in [6, 6.07) is 6.49. The SMILES string of the molecule is Fc1c[c-]cc(Cl)c1.[K+]. The van der Waals surface area contributed by atoms with E-state index in [1.165, 1.54) is 18.2 Å². The molecule has 0 N–H and O–H groups in total. The van der Waals surface area contributed by atoms with E-state index in [1.54, 1.807) is 0 Å². The van der Waals surface area contributed by atoms with Gasteiger partial charge in [-0.2, -0.15) is 23.7 Å². The van der Waals surface area contributed by atoms with Crippen LogP contribution in [0, 0.1) is 11.9 Å². The standard InChI is InChI=1S/C6H3ClF.K/c7-5-2-1-3-6(8)4-5;/h2-4H;/q-1;+1. The Balaban J connectivity index is 0.000000640. The molecule has 0 aliphatic heterocycles. The monoisotopic (exact) mass is 168 g/mol. The first-order valence-corrected chi connectivity index (χ1v) is 2.49. The summed E-state index contributed by atoms with van der Waals surface area (Å²) in [5.41, 5.74) is 0. The van der Waals surface area contributed by atoms with Crippen LogP contribution in [0.3, 0.4) is 0 Å². The first-order valence-electron chi connectivity index (χ1n) is 2.11. The fraction of sp³-hybridized carbons (Fsp3) is 0. The Morgan fingerprint density at radius 3 is 2.44 bits per heavy atom. The molecule has 0 nitrogen and oxygen atoms in total. The van der Waals surface area contributed by atoms with Gasteiger partial charge in [-0.15, -0.1) is 12.1 Å². The molecule has 0 saturated heterocycles. The molecular weight excluding hydrogens is 166 g/mol. The average molecular weight is 169 g/mol. The normalized spacial score (nSPS) is 8.22. The van der Waals surface area contributed by atoms with Crippen LogP contribution in [-0.2, 0) is 0 Å². The molecule has 3 heteroatoms. The second kappa shape index (κ2) is 4.83. The second-order valence-electron chi connectivity index (χ2n) is 1.37. The van der Waals surface area contributed by atoms with Crippen LogP contribution < -0.4 is 51.4 Å². The molecule has 0 heterocycles. The Morgan fingerprint density at radius 2 is 2.11 bits per heavy atom. The molecule has 0 atom stereocenters. The number of hydrogen-bond donors (Lipinski definition) is 0. The van der Waals surface area contributed by atoms with Crippen molar-refractivity contribution in [2.45, 2.75) is 0 Å². The fourth-order valence-electron chi connectivity index (χ4n) is 0.416. The third-order valence-electron chi connectivity index (χ3n) is 0.718. The Labute approximate surface area is 101 Å². The third-order valence-corrected chi connectivity index (χ3v) is 0.936. The summed E-state index contributed by atoms with van der Waals surface area (Å²) >= 11 is 5.37. The van der Waals surface area contributed by atoms with E-state index in [0.29, 0.717) is 5.02 Å². The van der Waals surface area contributed by atoms with Gasteiger partial charge in [-0.25, -0.2) is 0 Å². The van der Waals surface area contributed by atoms with Crippen LogP contribution >= 0.6 is 11.6 Å². The van der Waals surface area contributed by atoms with Gasteiger partial charge in [0.15, 0.2) is 0 Å². The molecule has 0 aromatic heterocycles. The van der Waals surface area contributed by atoms with Gasteiger partial charge in [0.2, 0.25) is 0 Å². The smallest absolute Gasteiger partial charge is 0.284 e. The summed E-state index contributed by atoms with van der Waals surface area (Å²) in [5, 5.41) is 0.380. The Morgan fingerprint density at radius 1 is 1.44 bits per heavy atom. The van der Waals surface area contributed by atoms with Gasteiger partial charge in [0.25, 0.3) is 0 Å². The minimum atomic E-state index is -0.350. The van der Waals surface area contributed by atoms with E-state index in [4.69, 9.17) is 11.6 Å². The molecule has 0 bridgehead atoms. The number of hydrogen-bond acceptors (Lipinski definition) is 0. The van der Waals surface area contributed by atoms with E-state index in [0.717, 1.165) is 0 Å². The Kier molecular flexibility index (Phi) is 5.40. The molecule has 1 rings (SSSR count). The topological polar surface area (TPSA) is 0 Å². The van der Waals surface area contributed by atoms with Gasteiger partial charge >= 0.3 is 51.4 Å². The maximum atomic E-state index is 12.1. The number of rotatable bonds is 0. The van der Waals surface area contributed by atoms with Gasteiger partial charge in [0.1, 0.15) is 0 Å². The first-order chi connectivity index (χ1) is 3.79. The first kappa shape index (κ1) is 10.1. The van der Waals surface area contributed by atoms with Crippen molar-refractivity contribution in [1.29, 1.82) is 0 Å². The van der Waals surface area contributed by atoms with Gasteiger partial charge in [-0.1, -0.05) is 5.02 Å². The molecule has 0 spiro atoms. The molecule has 0 radical (unpaired) electrons. The zero-order valence-corrected chi connectivity index (χ0v) is 8.87. The van der Waals surface area contributed by atoms with E-state index < -0.39 is 0 Å². The summed E-state index contributed by atoms with van der Waals surface area (Å²) in [6.45, 7) is 0. The van der Waals surface area contributed by atoms with Crippen molar-refractivity contribution in [2.75, 3.05) is 0 Å². The maximum absolute atomic E-state index is 12.1. The Hall–Kier alpha value is 1.08. The minimum Gasteiger partial charge on any atom is -0.284 e. The number of halogens is 2. The zero-order valence-electron chi connectivity index (χ0n) is 4.99. The van der Waals surface area contributed by atoms with Crippen molar-refractivity contribution >= 4 is 11.6 Å². The summed E-state index contributed by atoms with van der Waals surface area (Å²) in [5.74, 6) is -0.350. The maximum Gasteiger partial charge on any atom is 1.00 e. The van der Waals surface area contributed by atoms with Crippen LogP contribution in [0.1, 0.15) is 0 Å². The average Bonchev–Trinajstić information content (AvgIpc) is 1.64. The van der Waals surface area contributed by atoms with E-state index in [-0.39, 0.29) is 57.2 Å². The van der Waals surface area contributed by atoms with Gasteiger partial charge < -0.3 is 0 Å². The molecule has 1 aromatic rings. The predicted octanol–water partition coefficient (Wildman–Crippen LogP) is -0.717. The second-order valence-corrected chi connectivity index (χ2v) is 1.81. The van der Waals surface area contributed by atoms with Crippen LogP contribution in [-0.4, -0.2) is 0 Å². The minimum absolute atomic E-state index is 0. The van der Waals surface area contributed by atoms with Gasteiger partial charge in [-0.3, -0.25) is 4.39 Å². The van der Waals surface area contributed by atoms with Crippen molar-refractivity contribution in [3.05, 3.63) is 35.1 Å². The fourth-order valence-corrected chi connectivity index (χ4v) is 0.583. The van der Waals surface area contributed by atoms with E-state index in [2.05, 4.69) is 6.07 Å². The van der Waals surface area contributed by atoms with Gasteiger partial charge in [0.05, 0.1) is 0 Å². The molecule has 0 fully saturated rings. The molecular formula is C6H3ClFK. The van der Waals surface area contributed by atoms with E-state index in [1.807, 2.05) is 0 Å². The van der Waals surface area contributed by atoms with Crippen molar-refractivity contribution < 1.29 is 55.8 Å². The van der Waals surface area contributed by atoms with Crippen LogP contribution in [0.15, 0.2) is 18.2 Å². The molecule has 0 aliphatic rings. The van der Waals surface area contributed by atoms with Crippen molar-refractivity contribution in [1.82, 2.24) is 0 Å². The summed E-state index contributed by atoms with van der Waals surface area (Å²) in [6.07, 6.45) is 0. The number of benzene rings is 1. The van der Waals surface area contributed by atoms with Crippen molar-refractivity contribution in [3.63, 3.8) is 0 Å². The quantitative estimate of drug-likeness (QED) is 0.355. The zero-order chi connectivity index (χ0) is 5.98. The molecule has 9 heavy (non-hydrogen) atoms. The molecule has 0 saturated carbocycles. The van der Waals surface area contributed by atoms with Crippen LogP contribution in [0.5, 0.6) is 0 Å². The predicted molar refractivity (Wildman–Crippen MR) is 30.2 cm³/mol. The van der Waals surface area contributed by atoms with Crippen LogP contribution in [0.2, 0.25) is 5.02 Å². The molecule has 1 aromatic carbocycles. The van der Waals surface area contributed by atoms with E-state index >= 15 is 0 Å². The molecule has 0 unspecified atom stereocenters. The summed E-state index contributed by atoms with van der Waals surface area (Å²) in [4.78, 5) is 0. The summed E-state index contributed by atoms with van der Waals surface area (Å²) in [7, 11) is 0. The Bertz CT molecular complexity index is 173. The third kappa shape index (κ3) is 3.70. The molecule has 0 amide bonds. The summed E-state index contributed by atoms with van der Waals surface area (Å²) < 4.78 is 12.1. The molecule has 0 aliphatic carbocycles. The van der Waals surface area contributed by atoms with Crippen LogP contribution in [0.4, 0.5) is 4.39 Å². The molecule has 42 valence electrons. The van der Waals surface area contributed by atoms with E-state index in [9.17, 15) is 4.39 Å².